The number of rotatable bonds is 8. The fourth-order valence-corrected chi connectivity index (χ4v) is 8.09. The second kappa shape index (κ2) is 13.9. The number of piperidine rings is 1. The molecule has 1 aromatic heterocycles. The van der Waals surface area contributed by atoms with Crippen LogP contribution in [0.3, 0.4) is 0 Å². The van der Waals surface area contributed by atoms with Gasteiger partial charge in [-0.05, 0) is 81.1 Å². The number of nitrogens with zero attached hydrogens (tertiary/aromatic N) is 7. The lowest BCUT2D eigenvalue weighted by molar-refractivity contribution is -0.148. The standard InChI is InChI=1S/C37H44F3N9O2/c1-45-24-43-34(44-45)28-4-2-25(3-5-28)26-10-16-48(17-11-26)32(50)21-47-18-12-36(22-47)13-19-49(35(36)51)29-6-7-31(41)30(20-29)33(42)27-8-14-46(15-9-27)23-37(38,39)40/h2-7,10,20,24,27,42H,8-9,11-19,21-23,41H2,1H3/t36-/m0/s1. The number of aryl methyl sites for hydroxylation is 1. The van der Waals surface area contributed by atoms with Gasteiger partial charge in [0.2, 0.25) is 11.8 Å². The van der Waals surface area contributed by atoms with Gasteiger partial charge in [0.25, 0.3) is 0 Å². The topological polar surface area (TPSA) is 128 Å². The minimum atomic E-state index is -4.24. The van der Waals surface area contributed by atoms with Crippen molar-refractivity contribution in [1.29, 1.82) is 5.41 Å². The van der Waals surface area contributed by atoms with Gasteiger partial charge >= 0.3 is 6.18 Å². The van der Waals surface area contributed by atoms with Crippen molar-refractivity contribution >= 4 is 34.5 Å². The summed E-state index contributed by atoms with van der Waals surface area (Å²) >= 11 is 0. The highest BCUT2D eigenvalue weighted by atomic mass is 19.4. The number of hydrogen-bond donors (Lipinski definition) is 2. The molecule has 1 atom stereocenters. The maximum Gasteiger partial charge on any atom is 0.401 e. The summed E-state index contributed by atoms with van der Waals surface area (Å²) in [6.45, 7) is 2.79. The molecular formula is C37H44F3N9O2. The summed E-state index contributed by atoms with van der Waals surface area (Å²) in [6, 6.07) is 13.5. The van der Waals surface area contributed by atoms with Crippen LogP contribution in [0, 0.1) is 16.7 Å². The average molecular weight is 704 g/mol. The molecule has 0 aliphatic carbocycles. The first-order valence-corrected chi connectivity index (χ1v) is 17.6. The number of carbonyl (C=O) groups excluding carboxylic acids is 2. The van der Waals surface area contributed by atoms with E-state index in [-0.39, 0.29) is 37.4 Å². The Morgan fingerprint density at radius 3 is 2.39 bits per heavy atom. The van der Waals surface area contributed by atoms with E-state index in [0.29, 0.717) is 86.9 Å². The molecule has 0 unspecified atom stereocenters. The zero-order valence-electron chi connectivity index (χ0n) is 28.8. The zero-order valence-corrected chi connectivity index (χ0v) is 28.8. The van der Waals surface area contributed by atoms with Crippen LogP contribution < -0.4 is 10.6 Å². The number of likely N-dealkylation sites (tertiary alicyclic amines) is 2. The van der Waals surface area contributed by atoms with Crippen LogP contribution in [-0.2, 0) is 16.6 Å². The molecule has 0 radical (unpaired) electrons. The van der Waals surface area contributed by atoms with Crippen LogP contribution in [0.4, 0.5) is 24.5 Å². The van der Waals surface area contributed by atoms with Gasteiger partial charge in [0.05, 0.1) is 18.5 Å². The van der Waals surface area contributed by atoms with Gasteiger partial charge in [0.1, 0.15) is 6.33 Å². The Labute approximate surface area is 295 Å². The molecule has 3 aromatic rings. The zero-order chi connectivity index (χ0) is 35.9. The van der Waals surface area contributed by atoms with Gasteiger partial charge in [0.15, 0.2) is 5.82 Å². The van der Waals surface area contributed by atoms with Crippen molar-refractivity contribution in [3.63, 3.8) is 0 Å². The Morgan fingerprint density at radius 2 is 1.73 bits per heavy atom. The van der Waals surface area contributed by atoms with E-state index in [1.165, 1.54) is 10.5 Å². The van der Waals surface area contributed by atoms with E-state index in [1.54, 1.807) is 34.1 Å². The number of anilines is 2. The quantitative estimate of drug-likeness (QED) is 0.262. The van der Waals surface area contributed by atoms with Crippen molar-refractivity contribution < 1.29 is 22.8 Å². The molecule has 51 heavy (non-hydrogen) atoms. The first-order valence-electron chi connectivity index (χ1n) is 17.6. The number of carbonyl (C=O) groups is 2. The molecule has 1 spiro atoms. The summed E-state index contributed by atoms with van der Waals surface area (Å²) in [7, 11) is 1.84. The maximum atomic E-state index is 14.0. The Kier molecular flexibility index (Phi) is 9.48. The molecule has 2 amide bonds. The number of aromatic nitrogens is 3. The van der Waals surface area contributed by atoms with Crippen molar-refractivity contribution in [2.75, 3.05) is 69.5 Å². The van der Waals surface area contributed by atoms with E-state index in [2.05, 4.69) is 33.2 Å². The van der Waals surface area contributed by atoms with Gasteiger partial charge in [-0.2, -0.15) is 18.3 Å². The minimum Gasteiger partial charge on any atom is -0.398 e. The third kappa shape index (κ3) is 7.43. The van der Waals surface area contributed by atoms with Gasteiger partial charge in [-0.1, -0.05) is 30.3 Å². The third-order valence-corrected chi connectivity index (χ3v) is 11.0. The Balaban J connectivity index is 0.926. The lowest BCUT2D eigenvalue weighted by atomic mass is 9.85. The van der Waals surface area contributed by atoms with Crippen molar-refractivity contribution in [2.24, 2.45) is 18.4 Å². The molecule has 3 fully saturated rings. The van der Waals surface area contributed by atoms with Gasteiger partial charge in [-0.25, -0.2) is 4.98 Å². The van der Waals surface area contributed by atoms with E-state index in [9.17, 15) is 22.8 Å². The van der Waals surface area contributed by atoms with Crippen molar-refractivity contribution in [3.05, 3.63) is 66.0 Å². The van der Waals surface area contributed by atoms with Crippen molar-refractivity contribution in [3.8, 4) is 11.4 Å². The number of benzene rings is 2. The first kappa shape index (κ1) is 34.9. The van der Waals surface area contributed by atoms with Gasteiger partial charge in [0, 0.05) is 67.4 Å². The predicted octanol–water partition coefficient (Wildman–Crippen LogP) is 4.45. The summed E-state index contributed by atoms with van der Waals surface area (Å²) in [4.78, 5) is 38.8. The van der Waals surface area contributed by atoms with E-state index >= 15 is 0 Å². The highest BCUT2D eigenvalue weighted by Gasteiger charge is 2.51. The van der Waals surface area contributed by atoms with Gasteiger partial charge < -0.3 is 20.9 Å². The highest BCUT2D eigenvalue weighted by Crippen LogP contribution is 2.43. The Morgan fingerprint density at radius 1 is 1.00 bits per heavy atom. The predicted molar refractivity (Wildman–Crippen MR) is 189 cm³/mol. The van der Waals surface area contributed by atoms with E-state index in [4.69, 9.17) is 11.1 Å². The summed E-state index contributed by atoms with van der Waals surface area (Å²) in [5.41, 5.74) is 11.0. The van der Waals surface area contributed by atoms with Crippen LogP contribution in [-0.4, -0.2) is 112 Å². The van der Waals surface area contributed by atoms with Crippen LogP contribution in [0.2, 0.25) is 0 Å². The molecule has 3 saturated heterocycles. The van der Waals surface area contributed by atoms with Gasteiger partial charge in [-0.3, -0.25) is 24.1 Å². The molecular weight excluding hydrogens is 659 g/mol. The second-order valence-electron chi connectivity index (χ2n) is 14.4. The molecule has 0 bridgehead atoms. The monoisotopic (exact) mass is 703 g/mol. The normalized spacial score (nSPS) is 22.3. The first-order chi connectivity index (χ1) is 24.4. The SMILES string of the molecule is Cn1cnc(-c2ccc(C3=CCN(C(=O)CN4CC[C@]5(CCN(c6ccc(N)c(C(=N)C7CCN(CC(F)(F)F)CC7)c6)C5=O)C4)CC3)cc2)n1. The fourth-order valence-electron chi connectivity index (χ4n) is 8.09. The summed E-state index contributed by atoms with van der Waals surface area (Å²) in [5, 5.41) is 13.2. The van der Waals surface area contributed by atoms with Crippen LogP contribution in [0.15, 0.2) is 54.9 Å². The molecule has 14 heteroatoms. The molecule has 5 heterocycles. The van der Waals surface area contributed by atoms with E-state index in [0.717, 1.165) is 17.5 Å². The molecule has 270 valence electrons. The average Bonchev–Trinajstić information content (AvgIpc) is 3.83. The van der Waals surface area contributed by atoms with Crippen LogP contribution in [0.25, 0.3) is 17.0 Å². The summed E-state index contributed by atoms with van der Waals surface area (Å²) in [5.74, 6) is 0.576. The lowest BCUT2D eigenvalue weighted by Crippen LogP contribution is -2.43. The number of alkyl halides is 3. The fraction of sp³-hybridized carbons (Fsp3) is 0.486. The Bertz CT molecular complexity index is 1830. The van der Waals surface area contributed by atoms with E-state index < -0.39 is 18.1 Å². The highest BCUT2D eigenvalue weighted by molar-refractivity contribution is 6.07. The number of nitrogens with one attached hydrogen (secondary N) is 1. The smallest absolute Gasteiger partial charge is 0.398 e. The molecule has 3 N–H and O–H groups in total. The number of nitrogens with two attached hydrogens (primary N) is 1. The van der Waals surface area contributed by atoms with Crippen LogP contribution in [0.5, 0.6) is 0 Å². The molecule has 4 aliphatic heterocycles. The number of halogens is 3. The largest absolute Gasteiger partial charge is 0.401 e. The summed E-state index contributed by atoms with van der Waals surface area (Å²) < 4.78 is 40.2. The van der Waals surface area contributed by atoms with Gasteiger partial charge in [-0.15, -0.1) is 0 Å². The number of hydrogen-bond acceptors (Lipinski definition) is 8. The molecule has 0 saturated carbocycles. The molecule has 11 nitrogen and oxygen atoms in total. The van der Waals surface area contributed by atoms with Crippen LogP contribution in [0.1, 0.15) is 43.2 Å². The molecule has 4 aliphatic rings. The maximum absolute atomic E-state index is 14.0. The molecule has 2 aromatic carbocycles. The third-order valence-electron chi connectivity index (χ3n) is 11.0. The van der Waals surface area contributed by atoms with E-state index in [1.807, 2.05) is 24.1 Å². The number of amides is 2. The van der Waals surface area contributed by atoms with Crippen LogP contribution >= 0.6 is 0 Å². The van der Waals surface area contributed by atoms with Crippen molar-refractivity contribution in [2.45, 2.75) is 38.3 Å². The number of nitrogen functional groups attached to an aromatic ring is 1. The summed E-state index contributed by atoms with van der Waals surface area (Å²) in [6.07, 6.45) is 2.58. The lowest BCUT2D eigenvalue weighted by Gasteiger charge is -2.33. The minimum absolute atomic E-state index is 0.0237. The second-order valence-corrected chi connectivity index (χ2v) is 14.4. The van der Waals surface area contributed by atoms with Crippen molar-refractivity contribution in [1.82, 2.24) is 29.5 Å². The molecule has 7 rings (SSSR count). The Hall–Kier alpha value is -4.56.